The van der Waals surface area contributed by atoms with Crippen LogP contribution >= 0.6 is 0 Å². The van der Waals surface area contributed by atoms with E-state index in [1.54, 1.807) is 0 Å². The second-order valence-corrected chi connectivity index (χ2v) is 5.68. The molecule has 1 fully saturated rings. The van der Waals surface area contributed by atoms with Crippen molar-refractivity contribution in [2.75, 3.05) is 6.54 Å². The van der Waals surface area contributed by atoms with Gasteiger partial charge in [-0.2, -0.15) is 0 Å². The van der Waals surface area contributed by atoms with Crippen molar-refractivity contribution in [2.24, 2.45) is 5.92 Å². The summed E-state index contributed by atoms with van der Waals surface area (Å²) in [6.07, 6.45) is 9.52. The second kappa shape index (κ2) is 6.98. The lowest BCUT2D eigenvalue weighted by Gasteiger charge is -2.18. The first-order chi connectivity index (χ1) is 8.79. The SMILES string of the molecule is CCCNC(CCC1CCCC1)c1ccc(C)o1. The molecule has 18 heavy (non-hydrogen) atoms. The number of nitrogens with one attached hydrogen (secondary N) is 1. The number of rotatable bonds is 7. The summed E-state index contributed by atoms with van der Waals surface area (Å²) in [4.78, 5) is 0. The van der Waals surface area contributed by atoms with Crippen molar-refractivity contribution < 1.29 is 4.42 Å². The molecule has 0 bridgehead atoms. The highest BCUT2D eigenvalue weighted by Crippen LogP contribution is 2.31. The lowest BCUT2D eigenvalue weighted by atomic mass is 9.97. The van der Waals surface area contributed by atoms with Gasteiger partial charge in [-0.3, -0.25) is 0 Å². The molecule has 0 spiro atoms. The van der Waals surface area contributed by atoms with Crippen LogP contribution in [0.25, 0.3) is 0 Å². The molecule has 1 aromatic heterocycles. The molecule has 1 N–H and O–H groups in total. The highest BCUT2D eigenvalue weighted by molar-refractivity contribution is 5.09. The molecule has 1 aromatic rings. The van der Waals surface area contributed by atoms with E-state index in [1.807, 2.05) is 6.92 Å². The Bertz CT molecular complexity index is 339. The molecule has 2 heteroatoms. The number of furan rings is 1. The molecule has 0 radical (unpaired) electrons. The predicted molar refractivity (Wildman–Crippen MR) is 75.7 cm³/mol. The first kappa shape index (κ1) is 13.7. The van der Waals surface area contributed by atoms with Gasteiger partial charge in [-0.25, -0.2) is 0 Å². The summed E-state index contributed by atoms with van der Waals surface area (Å²) < 4.78 is 5.80. The zero-order valence-corrected chi connectivity index (χ0v) is 11.9. The smallest absolute Gasteiger partial charge is 0.121 e. The summed E-state index contributed by atoms with van der Waals surface area (Å²) >= 11 is 0. The van der Waals surface area contributed by atoms with E-state index in [4.69, 9.17) is 4.42 Å². The van der Waals surface area contributed by atoms with Gasteiger partial charge in [0.1, 0.15) is 11.5 Å². The van der Waals surface area contributed by atoms with Crippen molar-refractivity contribution >= 4 is 0 Å². The fraction of sp³-hybridized carbons (Fsp3) is 0.750. The van der Waals surface area contributed by atoms with Crippen molar-refractivity contribution in [3.63, 3.8) is 0 Å². The number of hydrogen-bond donors (Lipinski definition) is 1. The Morgan fingerprint density at radius 3 is 2.72 bits per heavy atom. The molecule has 1 saturated carbocycles. The first-order valence-electron chi connectivity index (χ1n) is 7.59. The summed E-state index contributed by atoms with van der Waals surface area (Å²) in [6.45, 7) is 5.32. The van der Waals surface area contributed by atoms with E-state index in [9.17, 15) is 0 Å². The van der Waals surface area contributed by atoms with Gasteiger partial charge in [0.2, 0.25) is 0 Å². The van der Waals surface area contributed by atoms with Crippen molar-refractivity contribution in [2.45, 2.75) is 64.8 Å². The zero-order valence-electron chi connectivity index (χ0n) is 11.9. The third-order valence-electron chi connectivity index (χ3n) is 4.08. The third-order valence-corrected chi connectivity index (χ3v) is 4.08. The van der Waals surface area contributed by atoms with Gasteiger partial charge in [0.15, 0.2) is 0 Å². The van der Waals surface area contributed by atoms with Crippen LogP contribution in [0.4, 0.5) is 0 Å². The highest BCUT2D eigenvalue weighted by atomic mass is 16.3. The van der Waals surface area contributed by atoms with Crippen molar-refractivity contribution in [1.29, 1.82) is 0 Å². The summed E-state index contributed by atoms with van der Waals surface area (Å²) in [6, 6.07) is 4.63. The molecule has 2 nitrogen and oxygen atoms in total. The Morgan fingerprint density at radius 1 is 1.33 bits per heavy atom. The van der Waals surface area contributed by atoms with Crippen LogP contribution < -0.4 is 5.32 Å². The minimum Gasteiger partial charge on any atom is -0.465 e. The first-order valence-corrected chi connectivity index (χ1v) is 7.59. The maximum Gasteiger partial charge on any atom is 0.121 e. The van der Waals surface area contributed by atoms with E-state index >= 15 is 0 Å². The molecular formula is C16H27NO. The molecule has 2 rings (SSSR count). The van der Waals surface area contributed by atoms with Gasteiger partial charge in [-0.1, -0.05) is 32.6 Å². The largest absolute Gasteiger partial charge is 0.465 e. The Kier molecular flexibility index (Phi) is 5.30. The average molecular weight is 249 g/mol. The van der Waals surface area contributed by atoms with Gasteiger partial charge < -0.3 is 9.73 Å². The lowest BCUT2D eigenvalue weighted by Crippen LogP contribution is -2.22. The fourth-order valence-corrected chi connectivity index (χ4v) is 3.01. The third kappa shape index (κ3) is 3.88. The lowest BCUT2D eigenvalue weighted by molar-refractivity contribution is 0.353. The molecule has 0 aliphatic heterocycles. The van der Waals surface area contributed by atoms with Gasteiger partial charge >= 0.3 is 0 Å². The summed E-state index contributed by atoms with van der Waals surface area (Å²) in [5.41, 5.74) is 0. The van der Waals surface area contributed by atoms with E-state index in [0.29, 0.717) is 6.04 Å². The zero-order chi connectivity index (χ0) is 12.8. The van der Waals surface area contributed by atoms with Crippen LogP contribution in [-0.2, 0) is 0 Å². The predicted octanol–water partition coefficient (Wildman–Crippen LogP) is 4.60. The minimum absolute atomic E-state index is 0.416. The van der Waals surface area contributed by atoms with Crippen molar-refractivity contribution in [3.05, 3.63) is 23.7 Å². The van der Waals surface area contributed by atoms with E-state index < -0.39 is 0 Å². The van der Waals surface area contributed by atoms with Crippen LogP contribution in [0, 0.1) is 12.8 Å². The van der Waals surface area contributed by atoms with E-state index in [1.165, 1.54) is 44.9 Å². The number of aryl methyl sites for hydroxylation is 1. The van der Waals surface area contributed by atoms with Crippen molar-refractivity contribution in [3.8, 4) is 0 Å². The molecule has 1 heterocycles. The maximum atomic E-state index is 5.80. The number of hydrogen-bond acceptors (Lipinski definition) is 2. The topological polar surface area (TPSA) is 25.2 Å². The van der Waals surface area contributed by atoms with Gasteiger partial charge in [-0.15, -0.1) is 0 Å². The van der Waals surface area contributed by atoms with Crippen molar-refractivity contribution in [1.82, 2.24) is 5.32 Å². The van der Waals surface area contributed by atoms with E-state index in [-0.39, 0.29) is 0 Å². The monoisotopic (exact) mass is 249 g/mol. The average Bonchev–Trinajstić information content (AvgIpc) is 3.01. The summed E-state index contributed by atoms with van der Waals surface area (Å²) in [5.74, 6) is 3.11. The van der Waals surface area contributed by atoms with E-state index in [2.05, 4.69) is 24.4 Å². The maximum absolute atomic E-state index is 5.80. The highest BCUT2D eigenvalue weighted by Gasteiger charge is 2.19. The Labute approximate surface area is 111 Å². The van der Waals surface area contributed by atoms with Crippen LogP contribution in [0.1, 0.15) is 69.4 Å². The van der Waals surface area contributed by atoms with Crippen LogP contribution in [0.5, 0.6) is 0 Å². The van der Waals surface area contributed by atoms with Crippen LogP contribution in [0.15, 0.2) is 16.5 Å². The van der Waals surface area contributed by atoms with Gasteiger partial charge in [0.05, 0.1) is 6.04 Å². The molecule has 102 valence electrons. The summed E-state index contributed by atoms with van der Waals surface area (Å²) in [5, 5.41) is 3.63. The minimum atomic E-state index is 0.416. The molecule has 1 aliphatic rings. The quantitative estimate of drug-likeness (QED) is 0.764. The Balaban J connectivity index is 1.87. The molecule has 0 aromatic carbocycles. The molecule has 1 aliphatic carbocycles. The van der Waals surface area contributed by atoms with E-state index in [0.717, 1.165) is 24.0 Å². The molecular weight excluding hydrogens is 222 g/mol. The molecule has 0 amide bonds. The van der Waals surface area contributed by atoms with Gasteiger partial charge in [0.25, 0.3) is 0 Å². The fourth-order valence-electron chi connectivity index (χ4n) is 3.01. The molecule has 1 unspecified atom stereocenters. The van der Waals surface area contributed by atoms with Crippen LogP contribution in [-0.4, -0.2) is 6.54 Å². The Hall–Kier alpha value is -0.760. The van der Waals surface area contributed by atoms with Crippen LogP contribution in [0.2, 0.25) is 0 Å². The second-order valence-electron chi connectivity index (χ2n) is 5.68. The Morgan fingerprint density at radius 2 is 2.11 bits per heavy atom. The van der Waals surface area contributed by atoms with Gasteiger partial charge in [0, 0.05) is 0 Å². The molecule has 1 atom stereocenters. The van der Waals surface area contributed by atoms with Gasteiger partial charge in [-0.05, 0) is 50.8 Å². The van der Waals surface area contributed by atoms with Crippen LogP contribution in [0.3, 0.4) is 0 Å². The standard InChI is InChI=1S/C16H27NO/c1-3-12-17-15(16-11-8-13(2)18-16)10-9-14-6-4-5-7-14/h8,11,14-15,17H,3-7,9-10,12H2,1-2H3. The summed E-state index contributed by atoms with van der Waals surface area (Å²) in [7, 11) is 0. The normalized spacial score (nSPS) is 18.3. The molecule has 0 saturated heterocycles.